The standard InChI is InChI=1S/C32H52/c1-6-23(22(2)3)9-8-12-26-14-16-29-28-15-13-27-21-25(24-10-7-11-24)17-19-32(27,5)30(28)18-20-31(26,29)4/h21-23,26,28-30H,6-20H2,1-5H3. The highest BCUT2D eigenvalue weighted by atomic mass is 14.6. The van der Waals surface area contributed by atoms with Crippen LogP contribution in [-0.2, 0) is 0 Å². The normalized spacial score (nSPS) is 42.1. The van der Waals surface area contributed by atoms with Crippen LogP contribution in [0.2, 0.25) is 0 Å². The molecule has 0 heterocycles. The van der Waals surface area contributed by atoms with Gasteiger partial charge in [0.25, 0.3) is 0 Å². The lowest BCUT2D eigenvalue weighted by molar-refractivity contribution is -0.0513. The quantitative estimate of drug-likeness (QED) is 0.388. The van der Waals surface area contributed by atoms with Crippen molar-refractivity contribution in [3.63, 3.8) is 0 Å². The number of hydrogen-bond acceptors (Lipinski definition) is 0. The summed E-state index contributed by atoms with van der Waals surface area (Å²) in [5.41, 5.74) is 6.65. The van der Waals surface area contributed by atoms with E-state index in [4.69, 9.17) is 0 Å². The van der Waals surface area contributed by atoms with Crippen LogP contribution in [0, 0.1) is 46.3 Å². The second-order valence-electron chi connectivity index (χ2n) is 13.6. The van der Waals surface area contributed by atoms with E-state index < -0.39 is 0 Å². The van der Waals surface area contributed by atoms with Crippen LogP contribution in [0.5, 0.6) is 0 Å². The number of fused-ring (bicyclic) bond motifs is 5. The van der Waals surface area contributed by atoms with Crippen molar-refractivity contribution in [2.24, 2.45) is 46.3 Å². The number of allylic oxidation sites excluding steroid dienone is 4. The summed E-state index contributed by atoms with van der Waals surface area (Å²) in [7, 11) is 0. The van der Waals surface area contributed by atoms with Gasteiger partial charge in [0.15, 0.2) is 0 Å². The van der Waals surface area contributed by atoms with Gasteiger partial charge in [-0.25, -0.2) is 0 Å². The van der Waals surface area contributed by atoms with Crippen molar-refractivity contribution in [1.29, 1.82) is 0 Å². The maximum Gasteiger partial charge on any atom is -0.00790 e. The van der Waals surface area contributed by atoms with E-state index in [0.717, 1.165) is 35.5 Å². The highest BCUT2D eigenvalue weighted by Crippen LogP contribution is 2.67. The van der Waals surface area contributed by atoms with Crippen molar-refractivity contribution in [3.05, 3.63) is 22.8 Å². The van der Waals surface area contributed by atoms with Gasteiger partial charge in [-0.05, 0) is 129 Å². The SMILES string of the molecule is CCC(CCCC1CCC2C3CCC4=CC(=C5CCC5)CCC4(C)C3CCC12C)C(C)C. The van der Waals surface area contributed by atoms with Crippen LogP contribution in [0.25, 0.3) is 0 Å². The molecule has 5 rings (SSSR count). The van der Waals surface area contributed by atoms with E-state index >= 15 is 0 Å². The number of rotatable bonds is 6. The van der Waals surface area contributed by atoms with E-state index in [2.05, 4.69) is 40.7 Å². The zero-order valence-corrected chi connectivity index (χ0v) is 22.1. The zero-order chi connectivity index (χ0) is 22.5. The third kappa shape index (κ3) is 3.79. The van der Waals surface area contributed by atoms with Crippen molar-refractivity contribution in [2.45, 2.75) is 131 Å². The molecule has 180 valence electrons. The molecule has 0 N–H and O–H groups in total. The topological polar surface area (TPSA) is 0 Å². The Hall–Kier alpha value is -0.520. The molecule has 7 unspecified atom stereocenters. The molecule has 0 amide bonds. The minimum absolute atomic E-state index is 0.530. The predicted octanol–water partition coefficient (Wildman–Crippen LogP) is 9.90. The summed E-state index contributed by atoms with van der Waals surface area (Å²) in [5.74, 6) is 5.87. The van der Waals surface area contributed by atoms with Crippen molar-refractivity contribution in [2.75, 3.05) is 0 Å². The van der Waals surface area contributed by atoms with Crippen LogP contribution in [0.3, 0.4) is 0 Å². The lowest BCUT2D eigenvalue weighted by Crippen LogP contribution is -2.50. The summed E-state index contributed by atoms with van der Waals surface area (Å²) in [4.78, 5) is 0. The second-order valence-corrected chi connectivity index (χ2v) is 13.6. The van der Waals surface area contributed by atoms with Gasteiger partial charge in [0.2, 0.25) is 0 Å². The highest BCUT2D eigenvalue weighted by Gasteiger charge is 2.58. The molecular weight excluding hydrogens is 384 g/mol. The Balaban J connectivity index is 1.27. The van der Waals surface area contributed by atoms with Gasteiger partial charge in [-0.3, -0.25) is 0 Å². The Bertz CT molecular complexity index is 746. The molecule has 4 fully saturated rings. The van der Waals surface area contributed by atoms with Gasteiger partial charge in [0.05, 0.1) is 0 Å². The molecular formula is C32H52. The molecule has 0 heteroatoms. The molecule has 0 radical (unpaired) electrons. The van der Waals surface area contributed by atoms with Gasteiger partial charge >= 0.3 is 0 Å². The minimum atomic E-state index is 0.530. The van der Waals surface area contributed by atoms with Crippen LogP contribution in [0.1, 0.15) is 131 Å². The summed E-state index contributed by atoms with van der Waals surface area (Å²) in [6, 6.07) is 0. The van der Waals surface area contributed by atoms with E-state index in [-0.39, 0.29) is 0 Å². The van der Waals surface area contributed by atoms with E-state index in [9.17, 15) is 0 Å². The fraction of sp³-hybridized carbons (Fsp3) is 0.875. The van der Waals surface area contributed by atoms with Crippen LogP contribution in [0.4, 0.5) is 0 Å². The zero-order valence-electron chi connectivity index (χ0n) is 22.1. The summed E-state index contributed by atoms with van der Waals surface area (Å²) in [6.45, 7) is 12.7. The molecule has 0 aliphatic heterocycles. The van der Waals surface area contributed by atoms with Crippen molar-refractivity contribution < 1.29 is 0 Å². The van der Waals surface area contributed by atoms with Gasteiger partial charge in [-0.2, -0.15) is 0 Å². The molecule has 7 atom stereocenters. The van der Waals surface area contributed by atoms with Gasteiger partial charge in [0, 0.05) is 0 Å². The van der Waals surface area contributed by atoms with Crippen molar-refractivity contribution in [1.82, 2.24) is 0 Å². The molecule has 0 bridgehead atoms. The Morgan fingerprint density at radius 3 is 2.44 bits per heavy atom. The Labute approximate surface area is 200 Å². The first-order chi connectivity index (χ1) is 15.4. The average Bonchev–Trinajstić information content (AvgIpc) is 3.06. The molecule has 32 heavy (non-hydrogen) atoms. The fourth-order valence-corrected chi connectivity index (χ4v) is 9.76. The summed E-state index contributed by atoms with van der Waals surface area (Å²) in [5, 5.41) is 0. The first-order valence-corrected chi connectivity index (χ1v) is 14.8. The molecule has 5 aliphatic carbocycles. The number of hydrogen-bond donors (Lipinski definition) is 0. The summed E-state index contributed by atoms with van der Waals surface area (Å²) in [6.07, 6.45) is 24.8. The maximum absolute atomic E-state index is 2.75. The molecule has 0 aromatic heterocycles. The minimum Gasteiger partial charge on any atom is -0.0670 e. The van der Waals surface area contributed by atoms with Crippen molar-refractivity contribution >= 4 is 0 Å². The van der Waals surface area contributed by atoms with Crippen LogP contribution < -0.4 is 0 Å². The van der Waals surface area contributed by atoms with E-state index in [1.165, 1.54) is 83.5 Å². The van der Waals surface area contributed by atoms with E-state index in [0.29, 0.717) is 10.8 Å². The molecule has 0 aromatic carbocycles. The first kappa shape index (κ1) is 23.2. The third-order valence-electron chi connectivity index (χ3n) is 12.2. The predicted molar refractivity (Wildman–Crippen MR) is 139 cm³/mol. The Morgan fingerprint density at radius 1 is 0.938 bits per heavy atom. The molecule has 0 nitrogen and oxygen atoms in total. The molecule has 4 saturated carbocycles. The molecule has 5 aliphatic rings. The summed E-state index contributed by atoms with van der Waals surface area (Å²) < 4.78 is 0. The van der Waals surface area contributed by atoms with Gasteiger partial charge in [-0.1, -0.05) is 71.1 Å². The largest absolute Gasteiger partial charge is 0.0670 e. The average molecular weight is 437 g/mol. The lowest BCUT2D eigenvalue weighted by Gasteiger charge is -2.58. The molecule has 0 spiro atoms. The second kappa shape index (κ2) is 8.92. The van der Waals surface area contributed by atoms with E-state index in [1.807, 2.05) is 11.1 Å². The molecule has 0 aromatic rings. The summed E-state index contributed by atoms with van der Waals surface area (Å²) >= 11 is 0. The van der Waals surface area contributed by atoms with Gasteiger partial charge in [0.1, 0.15) is 0 Å². The Kier molecular flexibility index (Phi) is 6.48. The van der Waals surface area contributed by atoms with Gasteiger partial charge < -0.3 is 0 Å². The van der Waals surface area contributed by atoms with E-state index in [1.54, 1.807) is 18.4 Å². The molecule has 0 saturated heterocycles. The fourth-order valence-electron chi connectivity index (χ4n) is 9.76. The van der Waals surface area contributed by atoms with Crippen LogP contribution >= 0.6 is 0 Å². The monoisotopic (exact) mass is 436 g/mol. The van der Waals surface area contributed by atoms with Crippen LogP contribution in [0.15, 0.2) is 22.8 Å². The van der Waals surface area contributed by atoms with Gasteiger partial charge in [-0.15, -0.1) is 0 Å². The lowest BCUT2D eigenvalue weighted by atomic mass is 9.46. The van der Waals surface area contributed by atoms with Crippen molar-refractivity contribution in [3.8, 4) is 0 Å². The maximum atomic E-state index is 2.75. The van der Waals surface area contributed by atoms with Crippen LogP contribution in [-0.4, -0.2) is 0 Å². The Morgan fingerprint density at radius 2 is 1.75 bits per heavy atom. The third-order valence-corrected chi connectivity index (χ3v) is 12.2. The smallest absolute Gasteiger partial charge is 0.00790 e. The first-order valence-electron chi connectivity index (χ1n) is 14.8. The highest BCUT2D eigenvalue weighted by molar-refractivity contribution is 5.39.